The second-order valence-corrected chi connectivity index (χ2v) is 5.42. The predicted octanol–water partition coefficient (Wildman–Crippen LogP) is 2.66. The first-order chi connectivity index (χ1) is 6.66. The van der Waals surface area contributed by atoms with Crippen LogP contribution in [0.1, 0.15) is 13.3 Å². The van der Waals surface area contributed by atoms with Gasteiger partial charge in [-0.3, -0.25) is 0 Å². The maximum Gasteiger partial charge on any atom is 0.123 e. The number of benzene rings is 1. The van der Waals surface area contributed by atoms with Crippen LogP contribution in [0.15, 0.2) is 29.2 Å². The molecule has 1 nitrogen and oxygen atoms in total. The van der Waals surface area contributed by atoms with Crippen LogP contribution in [0.4, 0.5) is 4.39 Å². The van der Waals surface area contributed by atoms with Gasteiger partial charge < -0.3 is 5.73 Å². The van der Waals surface area contributed by atoms with Crippen LogP contribution >= 0.6 is 11.8 Å². The SMILES string of the molecule is CC1CC1(CN)Sc1ccc(F)cc1. The van der Waals surface area contributed by atoms with Crippen LogP contribution in [-0.4, -0.2) is 11.3 Å². The van der Waals surface area contributed by atoms with Gasteiger partial charge in [0.1, 0.15) is 5.82 Å². The van der Waals surface area contributed by atoms with Gasteiger partial charge in [0.05, 0.1) is 0 Å². The van der Waals surface area contributed by atoms with Gasteiger partial charge in [-0.2, -0.15) is 0 Å². The molecule has 0 aliphatic heterocycles. The minimum Gasteiger partial charge on any atom is -0.329 e. The Morgan fingerprint density at radius 2 is 2.07 bits per heavy atom. The van der Waals surface area contributed by atoms with E-state index in [-0.39, 0.29) is 10.6 Å². The van der Waals surface area contributed by atoms with Gasteiger partial charge in [-0.15, -0.1) is 11.8 Å². The zero-order chi connectivity index (χ0) is 10.2. The number of hydrogen-bond acceptors (Lipinski definition) is 2. The number of halogens is 1. The van der Waals surface area contributed by atoms with Gasteiger partial charge in [-0.1, -0.05) is 6.92 Å². The van der Waals surface area contributed by atoms with Gasteiger partial charge >= 0.3 is 0 Å². The molecule has 1 saturated carbocycles. The van der Waals surface area contributed by atoms with Crippen molar-refractivity contribution < 1.29 is 4.39 Å². The second kappa shape index (κ2) is 3.55. The van der Waals surface area contributed by atoms with Gasteiger partial charge in [0.25, 0.3) is 0 Å². The van der Waals surface area contributed by atoms with E-state index in [0.717, 1.165) is 4.90 Å². The molecule has 0 amide bonds. The molecule has 0 radical (unpaired) electrons. The maximum atomic E-state index is 12.7. The Morgan fingerprint density at radius 3 is 2.50 bits per heavy atom. The average molecular weight is 211 g/mol. The summed E-state index contributed by atoms with van der Waals surface area (Å²) in [6.45, 7) is 2.92. The van der Waals surface area contributed by atoms with Crippen molar-refractivity contribution in [2.24, 2.45) is 11.7 Å². The van der Waals surface area contributed by atoms with Crippen molar-refractivity contribution in [1.29, 1.82) is 0 Å². The van der Waals surface area contributed by atoms with Crippen molar-refractivity contribution in [3.05, 3.63) is 30.1 Å². The molecule has 1 aromatic rings. The highest BCUT2D eigenvalue weighted by atomic mass is 32.2. The van der Waals surface area contributed by atoms with Crippen molar-refractivity contribution >= 4 is 11.8 Å². The maximum absolute atomic E-state index is 12.7. The first-order valence-electron chi connectivity index (χ1n) is 4.81. The number of thioether (sulfide) groups is 1. The van der Waals surface area contributed by atoms with Crippen LogP contribution in [-0.2, 0) is 0 Å². The summed E-state index contributed by atoms with van der Waals surface area (Å²) in [5.41, 5.74) is 5.74. The third-order valence-corrected chi connectivity index (χ3v) is 4.52. The van der Waals surface area contributed by atoms with E-state index in [9.17, 15) is 4.39 Å². The molecular formula is C11H14FNS. The summed E-state index contributed by atoms with van der Waals surface area (Å²) in [5, 5.41) is 0. The highest BCUT2D eigenvalue weighted by Gasteiger charge is 2.50. The molecule has 2 atom stereocenters. The molecule has 1 fully saturated rings. The summed E-state index contributed by atoms with van der Waals surface area (Å²) in [7, 11) is 0. The van der Waals surface area contributed by atoms with Crippen LogP contribution in [0.2, 0.25) is 0 Å². The molecule has 1 aliphatic carbocycles. The topological polar surface area (TPSA) is 26.0 Å². The zero-order valence-corrected chi connectivity index (χ0v) is 8.98. The van der Waals surface area contributed by atoms with Gasteiger partial charge in [-0.25, -0.2) is 4.39 Å². The van der Waals surface area contributed by atoms with Crippen LogP contribution in [0.5, 0.6) is 0 Å². The molecule has 3 heteroatoms. The Morgan fingerprint density at radius 1 is 1.50 bits per heavy atom. The quantitative estimate of drug-likeness (QED) is 0.831. The molecule has 14 heavy (non-hydrogen) atoms. The minimum atomic E-state index is -0.181. The summed E-state index contributed by atoms with van der Waals surface area (Å²) in [5.74, 6) is 0.502. The molecule has 0 heterocycles. The van der Waals surface area contributed by atoms with Crippen LogP contribution in [0.3, 0.4) is 0 Å². The fourth-order valence-corrected chi connectivity index (χ4v) is 3.02. The van der Waals surface area contributed by atoms with E-state index >= 15 is 0 Å². The van der Waals surface area contributed by atoms with Crippen molar-refractivity contribution in [2.45, 2.75) is 23.0 Å². The van der Waals surface area contributed by atoms with E-state index in [0.29, 0.717) is 12.5 Å². The zero-order valence-electron chi connectivity index (χ0n) is 8.16. The third-order valence-electron chi connectivity index (χ3n) is 2.87. The lowest BCUT2D eigenvalue weighted by Crippen LogP contribution is -2.19. The molecule has 0 saturated heterocycles. The first-order valence-corrected chi connectivity index (χ1v) is 5.62. The largest absolute Gasteiger partial charge is 0.329 e. The normalized spacial score (nSPS) is 30.4. The first kappa shape index (κ1) is 9.99. The van der Waals surface area contributed by atoms with E-state index in [1.807, 2.05) is 12.1 Å². The van der Waals surface area contributed by atoms with Crippen molar-refractivity contribution in [3.63, 3.8) is 0 Å². The van der Waals surface area contributed by atoms with Gasteiger partial charge in [0.2, 0.25) is 0 Å². The Kier molecular flexibility index (Phi) is 2.54. The highest BCUT2D eigenvalue weighted by molar-refractivity contribution is 8.01. The van der Waals surface area contributed by atoms with Crippen LogP contribution in [0.25, 0.3) is 0 Å². The summed E-state index contributed by atoms with van der Waals surface area (Å²) < 4.78 is 12.9. The standard InChI is InChI=1S/C11H14FNS/c1-8-6-11(8,7-13)14-10-4-2-9(12)3-5-10/h2-5,8H,6-7,13H2,1H3. The smallest absolute Gasteiger partial charge is 0.123 e. The van der Waals surface area contributed by atoms with Gasteiger partial charge in [0.15, 0.2) is 0 Å². The summed E-state index contributed by atoms with van der Waals surface area (Å²) >= 11 is 1.78. The summed E-state index contributed by atoms with van der Waals surface area (Å²) in [4.78, 5) is 1.11. The number of hydrogen-bond donors (Lipinski definition) is 1. The predicted molar refractivity (Wildman–Crippen MR) is 57.8 cm³/mol. The minimum absolute atomic E-state index is 0.181. The fourth-order valence-electron chi connectivity index (χ4n) is 1.67. The van der Waals surface area contributed by atoms with Gasteiger partial charge in [0, 0.05) is 16.2 Å². The Bertz CT molecular complexity index is 321. The van der Waals surface area contributed by atoms with Crippen molar-refractivity contribution in [2.75, 3.05) is 6.54 Å². The molecule has 1 aromatic carbocycles. The van der Waals surface area contributed by atoms with E-state index in [1.54, 1.807) is 11.8 Å². The number of rotatable bonds is 3. The molecule has 0 bridgehead atoms. The van der Waals surface area contributed by atoms with E-state index in [1.165, 1.54) is 18.6 Å². The van der Waals surface area contributed by atoms with Crippen LogP contribution in [0, 0.1) is 11.7 Å². The van der Waals surface area contributed by atoms with Crippen LogP contribution < -0.4 is 5.73 Å². The van der Waals surface area contributed by atoms with E-state index in [2.05, 4.69) is 6.92 Å². The van der Waals surface area contributed by atoms with E-state index in [4.69, 9.17) is 5.73 Å². The van der Waals surface area contributed by atoms with Gasteiger partial charge in [-0.05, 0) is 36.6 Å². The molecule has 0 aromatic heterocycles. The van der Waals surface area contributed by atoms with E-state index < -0.39 is 0 Å². The molecule has 1 aliphatic rings. The molecule has 76 valence electrons. The second-order valence-electron chi connectivity index (χ2n) is 3.93. The Balaban J connectivity index is 2.08. The highest BCUT2D eigenvalue weighted by Crippen LogP contribution is 2.55. The fraction of sp³-hybridized carbons (Fsp3) is 0.455. The lowest BCUT2D eigenvalue weighted by atomic mass is 10.3. The Labute approximate surface area is 87.9 Å². The average Bonchev–Trinajstić information content (AvgIpc) is 2.82. The molecule has 2 unspecified atom stereocenters. The lowest BCUT2D eigenvalue weighted by Gasteiger charge is -2.13. The monoisotopic (exact) mass is 211 g/mol. The van der Waals surface area contributed by atoms with Crippen molar-refractivity contribution in [1.82, 2.24) is 0 Å². The number of nitrogens with two attached hydrogens (primary N) is 1. The third kappa shape index (κ3) is 1.79. The molecule has 2 rings (SSSR count). The molecular weight excluding hydrogens is 197 g/mol. The van der Waals surface area contributed by atoms with Crippen molar-refractivity contribution in [3.8, 4) is 0 Å². The molecule has 0 spiro atoms. The summed E-state index contributed by atoms with van der Waals surface area (Å²) in [6.07, 6.45) is 1.17. The Hall–Kier alpha value is -0.540. The lowest BCUT2D eigenvalue weighted by molar-refractivity contribution is 0.626. The molecule has 2 N–H and O–H groups in total. The summed E-state index contributed by atoms with van der Waals surface area (Å²) in [6, 6.07) is 6.64.